The third-order valence-electron chi connectivity index (χ3n) is 4.48. The van der Waals surface area contributed by atoms with Gasteiger partial charge in [0.2, 0.25) is 0 Å². The van der Waals surface area contributed by atoms with Gasteiger partial charge in [-0.05, 0) is 19.9 Å². The van der Waals surface area contributed by atoms with Gasteiger partial charge in [0.05, 0.1) is 24.7 Å². The Morgan fingerprint density at radius 1 is 1.31 bits per heavy atom. The fourth-order valence-corrected chi connectivity index (χ4v) is 4.29. The number of para-hydroxylation sites is 1. The maximum absolute atomic E-state index is 12.2. The predicted molar refractivity (Wildman–Crippen MR) is 115 cm³/mol. The third kappa shape index (κ3) is 4.73. The first-order valence-electron chi connectivity index (χ1n) is 8.13. The van der Waals surface area contributed by atoms with Crippen molar-refractivity contribution in [2.45, 2.75) is 25.1 Å². The lowest BCUT2D eigenvalue weighted by atomic mass is 10.1. The molecule has 1 saturated heterocycles. The summed E-state index contributed by atoms with van der Waals surface area (Å²) in [7, 11) is 1.82. The number of guanidine groups is 1. The van der Waals surface area contributed by atoms with Crippen molar-refractivity contribution >= 4 is 39.8 Å². The maximum Gasteiger partial charge on any atom is 0.193 e. The van der Waals surface area contributed by atoms with Gasteiger partial charge < -0.3 is 19.7 Å². The van der Waals surface area contributed by atoms with E-state index in [1.807, 2.05) is 23.1 Å². The molecule has 1 N–H and O–H groups in total. The topological polar surface area (TPSA) is 80.2 Å². The van der Waals surface area contributed by atoms with Crippen molar-refractivity contribution in [2.24, 2.45) is 4.99 Å². The van der Waals surface area contributed by atoms with Gasteiger partial charge in [-0.25, -0.2) is 8.42 Å². The van der Waals surface area contributed by atoms with Gasteiger partial charge in [0.15, 0.2) is 27.3 Å². The zero-order valence-corrected chi connectivity index (χ0v) is 19.1. The summed E-state index contributed by atoms with van der Waals surface area (Å²) in [5, 5.41) is 3.29. The molecule has 0 aliphatic carbocycles. The number of halogens is 1. The molecular formula is C17H28IN3O4S. The quantitative estimate of drug-likeness (QED) is 0.389. The molecule has 0 spiro atoms. The Balaban J connectivity index is 0.00000338. The molecule has 1 aliphatic rings. The van der Waals surface area contributed by atoms with Crippen LogP contribution >= 0.6 is 24.0 Å². The largest absolute Gasteiger partial charge is 0.493 e. The number of nitrogens with one attached hydrogen (secondary N) is 1. The first kappa shape index (κ1) is 22.8. The van der Waals surface area contributed by atoms with Crippen molar-refractivity contribution in [3.8, 4) is 11.5 Å². The molecule has 1 aromatic carbocycles. The molecule has 0 aromatic heterocycles. The van der Waals surface area contributed by atoms with E-state index in [1.54, 1.807) is 35.1 Å². The van der Waals surface area contributed by atoms with Gasteiger partial charge in [-0.1, -0.05) is 12.1 Å². The minimum absolute atomic E-state index is 0. The van der Waals surface area contributed by atoms with Gasteiger partial charge in [0.25, 0.3) is 0 Å². The molecule has 0 saturated carbocycles. The molecule has 148 valence electrons. The van der Waals surface area contributed by atoms with Crippen LogP contribution in [0.15, 0.2) is 23.2 Å². The van der Waals surface area contributed by atoms with Crippen LogP contribution in [0.4, 0.5) is 0 Å². The number of nitrogens with zero attached hydrogens (tertiary/aromatic N) is 2. The molecule has 0 amide bonds. The average Bonchev–Trinajstić information content (AvgIpc) is 2.58. The molecular weight excluding hydrogens is 469 g/mol. The molecule has 1 aromatic rings. The SMILES string of the molecule is CN=C(NCc1cccc(OC)c1OC)N1CCS(=O)(=O)C(C)(C)C1.I. The molecule has 0 bridgehead atoms. The zero-order valence-electron chi connectivity index (χ0n) is 15.9. The van der Waals surface area contributed by atoms with Crippen molar-refractivity contribution < 1.29 is 17.9 Å². The number of ether oxygens (including phenoxy) is 2. The fraction of sp³-hybridized carbons (Fsp3) is 0.588. The van der Waals surface area contributed by atoms with E-state index in [-0.39, 0.29) is 29.7 Å². The second kappa shape index (κ2) is 9.12. The van der Waals surface area contributed by atoms with Crippen LogP contribution in [0.1, 0.15) is 19.4 Å². The minimum atomic E-state index is -3.08. The first-order chi connectivity index (χ1) is 11.8. The average molecular weight is 497 g/mol. The van der Waals surface area contributed by atoms with E-state index >= 15 is 0 Å². The molecule has 9 heteroatoms. The highest BCUT2D eigenvalue weighted by Gasteiger charge is 2.40. The summed E-state index contributed by atoms with van der Waals surface area (Å²) in [6, 6.07) is 5.69. The van der Waals surface area contributed by atoms with E-state index in [4.69, 9.17) is 9.47 Å². The van der Waals surface area contributed by atoms with E-state index in [1.165, 1.54) is 0 Å². The maximum atomic E-state index is 12.2. The van der Waals surface area contributed by atoms with Crippen molar-refractivity contribution in [1.82, 2.24) is 10.2 Å². The summed E-state index contributed by atoms with van der Waals surface area (Å²) in [6.07, 6.45) is 0. The summed E-state index contributed by atoms with van der Waals surface area (Å²) in [6.45, 7) is 4.85. The molecule has 26 heavy (non-hydrogen) atoms. The van der Waals surface area contributed by atoms with Crippen LogP contribution in [-0.4, -0.2) is 64.1 Å². The van der Waals surface area contributed by atoms with Crippen LogP contribution in [0.2, 0.25) is 0 Å². The highest BCUT2D eigenvalue weighted by Crippen LogP contribution is 2.30. The smallest absolute Gasteiger partial charge is 0.193 e. The highest BCUT2D eigenvalue weighted by molar-refractivity contribution is 14.0. The molecule has 7 nitrogen and oxygen atoms in total. The standard InChI is InChI=1S/C17H27N3O4S.HI/c1-17(2)12-20(9-10-25(17,21)22)16(18-3)19-11-13-7-6-8-14(23-4)15(13)24-5;/h6-8H,9-12H2,1-5H3,(H,18,19);1H. The minimum Gasteiger partial charge on any atom is -0.493 e. The van der Waals surface area contributed by atoms with Crippen LogP contribution in [-0.2, 0) is 16.4 Å². The Labute approximate surface area is 173 Å². The van der Waals surface area contributed by atoms with E-state index in [9.17, 15) is 8.42 Å². The third-order valence-corrected chi connectivity index (χ3v) is 7.01. The Morgan fingerprint density at radius 3 is 2.54 bits per heavy atom. The highest BCUT2D eigenvalue weighted by atomic mass is 127. The molecule has 1 aliphatic heterocycles. The lowest BCUT2D eigenvalue weighted by Crippen LogP contribution is -2.57. The predicted octanol–water partition coefficient (Wildman–Crippen LogP) is 1.91. The van der Waals surface area contributed by atoms with Gasteiger partial charge in [-0.2, -0.15) is 0 Å². The van der Waals surface area contributed by atoms with Crippen molar-refractivity contribution in [2.75, 3.05) is 40.1 Å². The monoisotopic (exact) mass is 497 g/mol. The number of aliphatic imine (C=N–C) groups is 1. The van der Waals surface area contributed by atoms with Gasteiger partial charge in [0, 0.05) is 32.2 Å². The Kier molecular flexibility index (Phi) is 8.00. The summed E-state index contributed by atoms with van der Waals surface area (Å²) in [4.78, 5) is 6.28. The second-order valence-electron chi connectivity index (χ2n) is 6.55. The van der Waals surface area contributed by atoms with Crippen molar-refractivity contribution in [3.05, 3.63) is 23.8 Å². The summed E-state index contributed by atoms with van der Waals surface area (Å²) < 4.78 is 34.3. The summed E-state index contributed by atoms with van der Waals surface area (Å²) >= 11 is 0. The molecule has 2 rings (SSSR count). The Bertz CT molecular complexity index is 750. The Morgan fingerprint density at radius 2 is 2.00 bits per heavy atom. The van der Waals surface area contributed by atoms with Crippen LogP contribution in [0.5, 0.6) is 11.5 Å². The molecule has 1 fully saturated rings. The van der Waals surface area contributed by atoms with Crippen molar-refractivity contribution in [1.29, 1.82) is 0 Å². The molecule has 0 atom stereocenters. The van der Waals surface area contributed by atoms with Crippen LogP contribution in [0, 0.1) is 0 Å². The second-order valence-corrected chi connectivity index (χ2v) is 9.30. The number of hydrogen-bond donors (Lipinski definition) is 1. The lowest BCUT2D eigenvalue weighted by molar-refractivity contribution is 0.347. The van der Waals surface area contributed by atoms with Gasteiger partial charge in [-0.3, -0.25) is 4.99 Å². The summed E-state index contributed by atoms with van der Waals surface area (Å²) in [5.74, 6) is 2.15. The van der Waals surface area contributed by atoms with E-state index in [0.717, 1.165) is 5.56 Å². The fourth-order valence-electron chi connectivity index (χ4n) is 2.92. The van der Waals surface area contributed by atoms with Gasteiger partial charge in [-0.15, -0.1) is 24.0 Å². The number of rotatable bonds is 4. The zero-order chi connectivity index (χ0) is 18.7. The van der Waals surface area contributed by atoms with Gasteiger partial charge in [0.1, 0.15) is 0 Å². The first-order valence-corrected chi connectivity index (χ1v) is 9.78. The van der Waals surface area contributed by atoms with E-state index in [0.29, 0.717) is 37.1 Å². The normalized spacial score (nSPS) is 18.7. The number of methoxy groups -OCH3 is 2. The van der Waals surface area contributed by atoms with Crippen molar-refractivity contribution in [3.63, 3.8) is 0 Å². The van der Waals surface area contributed by atoms with E-state index < -0.39 is 14.6 Å². The number of benzene rings is 1. The Hall–Kier alpha value is -1.23. The van der Waals surface area contributed by atoms with Crippen LogP contribution in [0.3, 0.4) is 0 Å². The summed E-state index contributed by atoms with van der Waals surface area (Å²) in [5.41, 5.74) is 0.937. The van der Waals surface area contributed by atoms with Crippen LogP contribution < -0.4 is 14.8 Å². The van der Waals surface area contributed by atoms with Crippen LogP contribution in [0.25, 0.3) is 0 Å². The molecule has 0 unspecified atom stereocenters. The van der Waals surface area contributed by atoms with Gasteiger partial charge >= 0.3 is 0 Å². The lowest BCUT2D eigenvalue weighted by Gasteiger charge is -2.39. The number of hydrogen-bond acceptors (Lipinski definition) is 5. The van der Waals surface area contributed by atoms with E-state index in [2.05, 4.69) is 10.3 Å². The number of sulfone groups is 1. The molecule has 1 heterocycles. The molecule has 0 radical (unpaired) electrons.